The van der Waals surface area contributed by atoms with Crippen molar-refractivity contribution in [2.24, 2.45) is 0 Å². The molecule has 0 saturated carbocycles. The Morgan fingerprint density at radius 1 is 1.20 bits per heavy atom. The van der Waals surface area contributed by atoms with Gasteiger partial charge in [-0.2, -0.15) is 0 Å². The van der Waals surface area contributed by atoms with Gasteiger partial charge in [-0.15, -0.1) is 0 Å². The molecule has 0 amide bonds. The van der Waals surface area contributed by atoms with Gasteiger partial charge in [0.15, 0.2) is 9.84 Å². The molecule has 0 saturated heterocycles. The van der Waals surface area contributed by atoms with Crippen LogP contribution in [0.2, 0.25) is 0 Å². The van der Waals surface area contributed by atoms with Gasteiger partial charge in [0.1, 0.15) is 16.5 Å². The minimum absolute atomic E-state index is 0.0107. The van der Waals surface area contributed by atoms with E-state index in [-0.39, 0.29) is 22.1 Å². The molecule has 0 atom stereocenters. The minimum Gasteiger partial charge on any atom is -0.495 e. The zero-order valence-electron chi connectivity index (χ0n) is 10.8. The number of benzene rings is 2. The second kappa shape index (κ2) is 5.50. The third-order valence-electron chi connectivity index (χ3n) is 2.83. The van der Waals surface area contributed by atoms with Crippen LogP contribution in [-0.2, 0) is 15.6 Å². The van der Waals surface area contributed by atoms with E-state index in [4.69, 9.17) is 10.5 Å². The number of para-hydroxylation sites is 1. The molecule has 2 rings (SSSR count). The molecule has 20 heavy (non-hydrogen) atoms. The fourth-order valence-electron chi connectivity index (χ4n) is 1.83. The maximum absolute atomic E-state index is 13.4. The molecule has 0 aromatic heterocycles. The van der Waals surface area contributed by atoms with Gasteiger partial charge in [-0.25, -0.2) is 12.8 Å². The Hall–Kier alpha value is -2.08. The average Bonchev–Trinajstić information content (AvgIpc) is 2.42. The molecule has 106 valence electrons. The van der Waals surface area contributed by atoms with E-state index in [2.05, 4.69) is 0 Å². The van der Waals surface area contributed by atoms with Gasteiger partial charge in [-0.05, 0) is 29.8 Å². The Labute approximate surface area is 116 Å². The van der Waals surface area contributed by atoms with E-state index in [1.54, 1.807) is 18.2 Å². The second-order valence-electron chi connectivity index (χ2n) is 4.27. The zero-order valence-corrected chi connectivity index (χ0v) is 11.7. The van der Waals surface area contributed by atoms with Crippen molar-refractivity contribution in [1.82, 2.24) is 0 Å². The Balaban J connectivity index is 2.38. The first kappa shape index (κ1) is 14.3. The highest BCUT2D eigenvalue weighted by molar-refractivity contribution is 7.90. The molecule has 0 aliphatic heterocycles. The van der Waals surface area contributed by atoms with E-state index in [0.717, 1.165) is 6.07 Å². The molecule has 2 aromatic rings. The summed E-state index contributed by atoms with van der Waals surface area (Å²) >= 11 is 0. The summed E-state index contributed by atoms with van der Waals surface area (Å²) in [6.45, 7) is 0. The summed E-state index contributed by atoms with van der Waals surface area (Å²) in [5.41, 5.74) is 5.69. The first-order chi connectivity index (χ1) is 9.44. The summed E-state index contributed by atoms with van der Waals surface area (Å²) in [6, 6.07) is 10.3. The molecular formula is C14H14FNO3S. The summed E-state index contributed by atoms with van der Waals surface area (Å²) in [5.74, 6) is -0.675. The summed E-state index contributed by atoms with van der Waals surface area (Å²) in [7, 11) is -2.22. The maximum Gasteiger partial charge on any atom is 0.186 e. The van der Waals surface area contributed by atoms with Crippen LogP contribution in [0.15, 0.2) is 47.4 Å². The van der Waals surface area contributed by atoms with Crippen molar-refractivity contribution in [3.05, 3.63) is 53.8 Å². The van der Waals surface area contributed by atoms with Gasteiger partial charge in [0, 0.05) is 0 Å². The van der Waals surface area contributed by atoms with Gasteiger partial charge in [0.05, 0.1) is 18.6 Å². The second-order valence-corrected chi connectivity index (χ2v) is 6.22. The van der Waals surface area contributed by atoms with Crippen LogP contribution in [0.4, 0.5) is 10.1 Å². The Morgan fingerprint density at radius 2 is 1.90 bits per heavy atom. The first-order valence-corrected chi connectivity index (χ1v) is 7.49. The number of rotatable bonds is 4. The summed E-state index contributed by atoms with van der Waals surface area (Å²) in [4.78, 5) is 0.0831. The van der Waals surface area contributed by atoms with Crippen molar-refractivity contribution in [1.29, 1.82) is 0 Å². The molecule has 0 fully saturated rings. The highest BCUT2D eigenvalue weighted by Gasteiger charge is 2.20. The topological polar surface area (TPSA) is 69.4 Å². The molecule has 0 aliphatic carbocycles. The van der Waals surface area contributed by atoms with E-state index >= 15 is 0 Å². The molecule has 2 aromatic carbocycles. The molecule has 4 nitrogen and oxygen atoms in total. The number of hydrogen-bond acceptors (Lipinski definition) is 4. The molecule has 0 spiro atoms. The van der Waals surface area contributed by atoms with Crippen LogP contribution >= 0.6 is 0 Å². The quantitative estimate of drug-likeness (QED) is 0.879. The first-order valence-electron chi connectivity index (χ1n) is 5.84. The number of hydrogen-bond donors (Lipinski definition) is 1. The van der Waals surface area contributed by atoms with Gasteiger partial charge in [-0.3, -0.25) is 0 Å². The lowest BCUT2D eigenvalue weighted by Crippen LogP contribution is -2.07. The van der Waals surface area contributed by atoms with E-state index in [9.17, 15) is 12.8 Å². The van der Waals surface area contributed by atoms with Crippen LogP contribution in [0.25, 0.3) is 0 Å². The van der Waals surface area contributed by atoms with E-state index in [1.165, 1.54) is 25.3 Å². The Bertz CT molecular complexity index is 729. The zero-order chi connectivity index (χ0) is 14.8. The smallest absolute Gasteiger partial charge is 0.186 e. The van der Waals surface area contributed by atoms with Crippen molar-refractivity contribution >= 4 is 15.5 Å². The largest absolute Gasteiger partial charge is 0.495 e. The summed E-state index contributed by atoms with van der Waals surface area (Å²) in [5, 5.41) is 0. The van der Waals surface area contributed by atoms with Crippen molar-refractivity contribution in [2.75, 3.05) is 12.8 Å². The van der Waals surface area contributed by atoms with Crippen molar-refractivity contribution in [3.63, 3.8) is 0 Å². The Morgan fingerprint density at radius 3 is 2.55 bits per heavy atom. The highest BCUT2D eigenvalue weighted by Crippen LogP contribution is 2.26. The molecular weight excluding hydrogens is 281 g/mol. The third kappa shape index (κ3) is 2.91. The molecule has 0 radical (unpaired) electrons. The van der Waals surface area contributed by atoms with Gasteiger partial charge >= 0.3 is 0 Å². The van der Waals surface area contributed by atoms with Crippen molar-refractivity contribution < 1.29 is 17.5 Å². The van der Waals surface area contributed by atoms with Crippen LogP contribution in [0.3, 0.4) is 0 Å². The average molecular weight is 295 g/mol. The predicted molar refractivity (Wildman–Crippen MR) is 74.7 cm³/mol. The number of sulfone groups is 1. The lowest BCUT2D eigenvalue weighted by atomic mass is 10.2. The fraction of sp³-hybridized carbons (Fsp3) is 0.143. The standard InChI is InChI=1S/C14H14FNO3S/c1-19-13-4-2-3-5-14(13)20(17,18)9-10-6-7-12(16)11(15)8-10/h2-8H,9,16H2,1H3. The van der Waals surface area contributed by atoms with Crippen LogP contribution in [0, 0.1) is 5.82 Å². The number of halogens is 1. The number of nitrogen functional groups attached to an aromatic ring is 1. The predicted octanol–water partition coefficient (Wildman–Crippen LogP) is 2.39. The molecule has 0 unspecified atom stereocenters. The van der Waals surface area contributed by atoms with Gasteiger partial charge in [0.25, 0.3) is 0 Å². The number of methoxy groups -OCH3 is 1. The van der Waals surface area contributed by atoms with Crippen LogP contribution in [0.1, 0.15) is 5.56 Å². The number of anilines is 1. The van der Waals surface area contributed by atoms with Crippen LogP contribution in [0.5, 0.6) is 5.75 Å². The molecule has 0 bridgehead atoms. The SMILES string of the molecule is COc1ccccc1S(=O)(=O)Cc1ccc(N)c(F)c1. The van der Waals surface area contributed by atoms with E-state index < -0.39 is 15.7 Å². The lowest BCUT2D eigenvalue weighted by molar-refractivity contribution is 0.402. The molecule has 0 aliphatic rings. The number of nitrogens with two attached hydrogens (primary N) is 1. The van der Waals surface area contributed by atoms with E-state index in [1.807, 2.05) is 0 Å². The molecule has 6 heteroatoms. The summed E-state index contributed by atoms with van der Waals surface area (Å²) < 4.78 is 43.1. The molecule has 2 N–H and O–H groups in total. The van der Waals surface area contributed by atoms with Gasteiger partial charge in [-0.1, -0.05) is 18.2 Å². The van der Waals surface area contributed by atoms with Gasteiger partial charge in [0.2, 0.25) is 0 Å². The van der Waals surface area contributed by atoms with Crippen molar-refractivity contribution in [2.45, 2.75) is 10.6 Å². The highest BCUT2D eigenvalue weighted by atomic mass is 32.2. The van der Waals surface area contributed by atoms with Crippen molar-refractivity contribution in [3.8, 4) is 5.75 Å². The Kier molecular flexibility index (Phi) is 3.94. The third-order valence-corrected chi connectivity index (χ3v) is 4.55. The molecule has 0 heterocycles. The monoisotopic (exact) mass is 295 g/mol. The number of ether oxygens (including phenoxy) is 1. The van der Waals surface area contributed by atoms with E-state index in [0.29, 0.717) is 5.56 Å². The maximum atomic E-state index is 13.4. The lowest BCUT2D eigenvalue weighted by Gasteiger charge is -2.09. The fourth-order valence-corrected chi connectivity index (χ4v) is 3.35. The normalized spacial score (nSPS) is 11.3. The van der Waals surface area contributed by atoms with Gasteiger partial charge < -0.3 is 10.5 Å². The van der Waals surface area contributed by atoms with Crippen LogP contribution < -0.4 is 10.5 Å². The summed E-state index contributed by atoms with van der Waals surface area (Å²) in [6.07, 6.45) is 0. The minimum atomic E-state index is -3.62. The van der Waals surface area contributed by atoms with Crippen LogP contribution in [-0.4, -0.2) is 15.5 Å².